The van der Waals surface area contributed by atoms with Gasteiger partial charge in [0.1, 0.15) is 11.5 Å². The van der Waals surface area contributed by atoms with Gasteiger partial charge in [-0.25, -0.2) is 0 Å². The van der Waals surface area contributed by atoms with E-state index in [9.17, 15) is 9.59 Å². The molecule has 5 nitrogen and oxygen atoms in total. The van der Waals surface area contributed by atoms with E-state index in [0.29, 0.717) is 22.6 Å². The van der Waals surface area contributed by atoms with Crippen LogP contribution in [0.25, 0.3) is 0 Å². The lowest BCUT2D eigenvalue weighted by Crippen LogP contribution is -2.11. The number of primary amides is 1. The van der Waals surface area contributed by atoms with Crippen LogP contribution in [0.5, 0.6) is 11.5 Å². The molecule has 2 amide bonds. The number of benzene rings is 3. The van der Waals surface area contributed by atoms with E-state index in [2.05, 4.69) is 5.32 Å². The molecule has 0 aliphatic rings. The molecule has 0 fully saturated rings. The highest BCUT2D eigenvalue weighted by Crippen LogP contribution is 2.22. The molecule has 3 aromatic rings. The first kappa shape index (κ1) is 18.2. The number of carbonyl (C=O) groups is 2. The molecular weight excluding hydrogens is 340 g/mol. The lowest BCUT2D eigenvalue weighted by Gasteiger charge is -2.09. The number of ether oxygens (including phenoxy) is 1. The third-order valence-corrected chi connectivity index (χ3v) is 4.26. The average Bonchev–Trinajstić information content (AvgIpc) is 2.66. The van der Waals surface area contributed by atoms with Crippen LogP contribution in [0, 0.1) is 13.8 Å². The minimum Gasteiger partial charge on any atom is -0.457 e. The van der Waals surface area contributed by atoms with Gasteiger partial charge in [-0.05, 0) is 85.6 Å². The van der Waals surface area contributed by atoms with Crippen molar-refractivity contribution in [3.05, 3.63) is 89.0 Å². The standard InChI is InChI=1S/C22H20N2O3/c1-14-3-8-18(13-15(14)2)24-22(26)17-6-11-20(12-7-17)27-19-9-4-16(5-10-19)21(23)25/h3-13H,1-2H3,(H2,23,25)(H,24,26). The molecule has 0 saturated heterocycles. The van der Waals surface area contributed by atoms with Gasteiger partial charge in [0.05, 0.1) is 0 Å². The Kier molecular flexibility index (Phi) is 5.22. The second-order valence-electron chi connectivity index (χ2n) is 6.27. The molecule has 27 heavy (non-hydrogen) atoms. The van der Waals surface area contributed by atoms with Gasteiger partial charge in [0, 0.05) is 16.8 Å². The van der Waals surface area contributed by atoms with Crippen LogP contribution in [-0.2, 0) is 0 Å². The number of amides is 2. The fraction of sp³-hybridized carbons (Fsp3) is 0.0909. The van der Waals surface area contributed by atoms with E-state index in [0.717, 1.165) is 11.3 Å². The third kappa shape index (κ3) is 4.52. The molecule has 0 radical (unpaired) electrons. The number of nitrogens with two attached hydrogens (primary N) is 1. The van der Waals surface area contributed by atoms with Gasteiger partial charge < -0.3 is 15.8 Å². The second-order valence-corrected chi connectivity index (χ2v) is 6.27. The monoisotopic (exact) mass is 360 g/mol. The van der Waals surface area contributed by atoms with E-state index in [1.165, 1.54) is 5.56 Å². The summed E-state index contributed by atoms with van der Waals surface area (Å²) in [7, 11) is 0. The Morgan fingerprint density at radius 3 is 1.85 bits per heavy atom. The molecule has 0 unspecified atom stereocenters. The van der Waals surface area contributed by atoms with Crippen molar-refractivity contribution in [2.24, 2.45) is 5.73 Å². The highest BCUT2D eigenvalue weighted by molar-refractivity contribution is 6.04. The molecular formula is C22H20N2O3. The number of anilines is 1. The van der Waals surface area contributed by atoms with Gasteiger partial charge in [0.15, 0.2) is 0 Å². The normalized spacial score (nSPS) is 10.3. The molecule has 0 spiro atoms. The maximum Gasteiger partial charge on any atom is 0.255 e. The highest BCUT2D eigenvalue weighted by Gasteiger charge is 2.08. The van der Waals surface area contributed by atoms with Crippen LogP contribution in [0.15, 0.2) is 66.7 Å². The van der Waals surface area contributed by atoms with Gasteiger partial charge in [-0.2, -0.15) is 0 Å². The first-order chi connectivity index (χ1) is 12.9. The van der Waals surface area contributed by atoms with E-state index in [1.807, 2.05) is 32.0 Å². The van der Waals surface area contributed by atoms with Crippen molar-refractivity contribution in [1.29, 1.82) is 0 Å². The summed E-state index contributed by atoms with van der Waals surface area (Å²) in [6, 6.07) is 19.2. The summed E-state index contributed by atoms with van der Waals surface area (Å²) in [4.78, 5) is 23.5. The van der Waals surface area contributed by atoms with E-state index in [-0.39, 0.29) is 5.91 Å². The molecule has 3 N–H and O–H groups in total. The molecule has 0 bridgehead atoms. The van der Waals surface area contributed by atoms with Crippen molar-refractivity contribution in [2.45, 2.75) is 13.8 Å². The Labute approximate surface area is 157 Å². The molecule has 0 aliphatic carbocycles. The summed E-state index contributed by atoms with van der Waals surface area (Å²) in [6.45, 7) is 4.04. The molecule has 5 heteroatoms. The predicted octanol–water partition coefficient (Wildman–Crippen LogP) is 4.45. The summed E-state index contributed by atoms with van der Waals surface area (Å²) in [5, 5.41) is 2.89. The van der Waals surface area contributed by atoms with Crippen LogP contribution in [-0.4, -0.2) is 11.8 Å². The fourth-order valence-corrected chi connectivity index (χ4v) is 2.52. The quantitative estimate of drug-likeness (QED) is 0.705. The zero-order valence-corrected chi connectivity index (χ0v) is 15.2. The molecule has 0 aliphatic heterocycles. The van der Waals surface area contributed by atoms with Gasteiger partial charge in [0.2, 0.25) is 5.91 Å². The first-order valence-electron chi connectivity index (χ1n) is 8.49. The van der Waals surface area contributed by atoms with Crippen LogP contribution in [0.4, 0.5) is 5.69 Å². The summed E-state index contributed by atoms with van der Waals surface area (Å²) in [5.74, 6) is 0.494. The van der Waals surface area contributed by atoms with Crippen molar-refractivity contribution in [2.75, 3.05) is 5.32 Å². The van der Waals surface area contributed by atoms with E-state index < -0.39 is 5.91 Å². The molecule has 3 rings (SSSR count). The lowest BCUT2D eigenvalue weighted by atomic mass is 10.1. The van der Waals surface area contributed by atoms with Crippen LogP contribution >= 0.6 is 0 Å². The van der Waals surface area contributed by atoms with E-state index in [4.69, 9.17) is 10.5 Å². The summed E-state index contributed by atoms with van der Waals surface area (Å²) < 4.78 is 5.71. The number of hydrogen-bond acceptors (Lipinski definition) is 3. The summed E-state index contributed by atoms with van der Waals surface area (Å²) in [5.41, 5.74) is 9.23. The summed E-state index contributed by atoms with van der Waals surface area (Å²) in [6.07, 6.45) is 0. The number of carbonyl (C=O) groups excluding carboxylic acids is 2. The van der Waals surface area contributed by atoms with Crippen LogP contribution in [0.2, 0.25) is 0 Å². The largest absolute Gasteiger partial charge is 0.457 e. The Balaban J connectivity index is 1.66. The highest BCUT2D eigenvalue weighted by atomic mass is 16.5. The Morgan fingerprint density at radius 2 is 1.33 bits per heavy atom. The topological polar surface area (TPSA) is 81.4 Å². The zero-order valence-electron chi connectivity index (χ0n) is 15.2. The third-order valence-electron chi connectivity index (χ3n) is 4.26. The molecule has 0 heterocycles. The maximum atomic E-state index is 12.4. The Hall–Kier alpha value is -3.60. The van der Waals surface area contributed by atoms with Crippen LogP contribution in [0.3, 0.4) is 0 Å². The Bertz CT molecular complexity index is 977. The second kappa shape index (κ2) is 7.74. The maximum absolute atomic E-state index is 12.4. The van der Waals surface area contributed by atoms with Crippen molar-refractivity contribution in [1.82, 2.24) is 0 Å². The molecule has 3 aromatic carbocycles. The van der Waals surface area contributed by atoms with Crippen molar-refractivity contribution < 1.29 is 14.3 Å². The fourth-order valence-electron chi connectivity index (χ4n) is 2.52. The van der Waals surface area contributed by atoms with E-state index in [1.54, 1.807) is 48.5 Å². The van der Waals surface area contributed by atoms with Crippen molar-refractivity contribution in [3.63, 3.8) is 0 Å². The first-order valence-corrected chi connectivity index (χ1v) is 8.49. The minimum atomic E-state index is -0.485. The lowest BCUT2D eigenvalue weighted by molar-refractivity contribution is 0.0997. The van der Waals surface area contributed by atoms with Gasteiger partial charge in [-0.3, -0.25) is 9.59 Å². The predicted molar refractivity (Wildman–Crippen MR) is 105 cm³/mol. The van der Waals surface area contributed by atoms with E-state index >= 15 is 0 Å². The molecule has 0 aromatic heterocycles. The summed E-state index contributed by atoms with van der Waals surface area (Å²) >= 11 is 0. The molecule has 0 atom stereocenters. The number of aryl methyl sites for hydroxylation is 2. The molecule has 0 saturated carbocycles. The van der Waals surface area contributed by atoms with Crippen molar-refractivity contribution in [3.8, 4) is 11.5 Å². The average molecular weight is 360 g/mol. The zero-order chi connectivity index (χ0) is 19.4. The minimum absolute atomic E-state index is 0.185. The Morgan fingerprint density at radius 1 is 0.778 bits per heavy atom. The number of hydrogen-bond donors (Lipinski definition) is 2. The SMILES string of the molecule is Cc1ccc(NC(=O)c2ccc(Oc3ccc(C(N)=O)cc3)cc2)cc1C. The van der Waals surface area contributed by atoms with Gasteiger partial charge in [-0.1, -0.05) is 6.07 Å². The van der Waals surface area contributed by atoms with Gasteiger partial charge in [0.25, 0.3) is 5.91 Å². The smallest absolute Gasteiger partial charge is 0.255 e. The number of rotatable bonds is 5. The molecule has 136 valence electrons. The van der Waals surface area contributed by atoms with Gasteiger partial charge in [-0.15, -0.1) is 0 Å². The number of nitrogens with one attached hydrogen (secondary N) is 1. The van der Waals surface area contributed by atoms with Crippen LogP contribution in [0.1, 0.15) is 31.8 Å². The van der Waals surface area contributed by atoms with Gasteiger partial charge >= 0.3 is 0 Å². The van der Waals surface area contributed by atoms with Crippen molar-refractivity contribution >= 4 is 17.5 Å². The van der Waals surface area contributed by atoms with Crippen LogP contribution < -0.4 is 15.8 Å².